The first-order chi connectivity index (χ1) is 8.66. The summed E-state index contributed by atoms with van der Waals surface area (Å²) in [5.41, 5.74) is 8.10. The van der Waals surface area contributed by atoms with E-state index in [9.17, 15) is 0 Å². The third kappa shape index (κ3) is 2.85. The van der Waals surface area contributed by atoms with Gasteiger partial charge >= 0.3 is 0 Å². The van der Waals surface area contributed by atoms with Crippen LogP contribution in [0.3, 0.4) is 0 Å². The smallest absolute Gasteiger partial charge is 0.0904 e. The number of benzene rings is 1. The minimum absolute atomic E-state index is 0.0610. The Bertz CT molecular complexity index is 381. The fourth-order valence-electron chi connectivity index (χ4n) is 2.66. The van der Waals surface area contributed by atoms with E-state index >= 15 is 0 Å². The zero-order chi connectivity index (χ0) is 13.0. The van der Waals surface area contributed by atoms with Crippen LogP contribution < -0.4 is 11.1 Å². The lowest BCUT2D eigenvalue weighted by atomic mass is 9.87. The number of nitrogens with two attached hydrogens (primary N) is 1. The molecule has 0 bridgehead atoms. The highest BCUT2D eigenvalue weighted by molar-refractivity contribution is 5.48. The second kappa shape index (κ2) is 5.72. The molecule has 0 aliphatic heterocycles. The summed E-state index contributed by atoms with van der Waals surface area (Å²) in [6, 6.07) is 8.42. The van der Waals surface area contributed by atoms with Crippen molar-refractivity contribution in [2.75, 3.05) is 19.4 Å². The molecule has 1 saturated carbocycles. The number of anilines is 1. The van der Waals surface area contributed by atoms with Crippen LogP contribution in [-0.4, -0.2) is 24.7 Å². The van der Waals surface area contributed by atoms with Crippen molar-refractivity contribution in [2.45, 2.75) is 37.9 Å². The van der Waals surface area contributed by atoms with Crippen molar-refractivity contribution in [2.24, 2.45) is 5.73 Å². The average molecular weight is 246 g/mol. The maximum absolute atomic E-state index is 5.70. The number of nitrogens with zero attached hydrogens (tertiary/aromatic N) is 1. The molecular weight excluding hydrogens is 222 g/mol. The lowest BCUT2D eigenvalue weighted by molar-refractivity contribution is 0.150. The van der Waals surface area contributed by atoms with E-state index in [0.29, 0.717) is 6.54 Å². The number of nitrogens with one attached hydrogen (secondary N) is 1. The van der Waals surface area contributed by atoms with E-state index < -0.39 is 0 Å². The summed E-state index contributed by atoms with van der Waals surface area (Å²) in [5, 5.41) is 3.71. The molecule has 2 rings (SSSR count). The van der Waals surface area contributed by atoms with Gasteiger partial charge in [-0.3, -0.25) is 4.90 Å². The van der Waals surface area contributed by atoms with E-state index in [1.807, 2.05) is 0 Å². The zero-order valence-electron chi connectivity index (χ0n) is 11.4. The lowest BCUT2D eigenvalue weighted by Crippen LogP contribution is -2.52. The molecule has 1 unspecified atom stereocenters. The standard InChI is InChI=1S/C15H24N3/c1-18(2)15(9-4-3-5-10-15)17-14-8-6-7-13(11-14)12-16/h4,6-8,11,17H,3,5,9-10,12,16H2,1-2H3. The van der Waals surface area contributed by atoms with Gasteiger partial charge in [-0.25, -0.2) is 0 Å². The molecule has 0 heterocycles. The van der Waals surface area contributed by atoms with E-state index in [1.165, 1.54) is 30.5 Å². The molecule has 0 aromatic heterocycles. The lowest BCUT2D eigenvalue weighted by Gasteiger charge is -2.44. The highest BCUT2D eigenvalue weighted by Gasteiger charge is 2.33. The van der Waals surface area contributed by atoms with Gasteiger partial charge in [-0.1, -0.05) is 12.1 Å². The predicted octanol–water partition coefficient (Wildman–Crippen LogP) is 2.59. The molecule has 1 fully saturated rings. The highest BCUT2D eigenvalue weighted by atomic mass is 15.3. The Hall–Kier alpha value is -1.06. The van der Waals surface area contributed by atoms with Gasteiger partial charge in [0, 0.05) is 12.2 Å². The molecule has 3 N–H and O–H groups in total. The molecular formula is C15H24N3. The van der Waals surface area contributed by atoms with Crippen LogP contribution in [0.5, 0.6) is 0 Å². The van der Waals surface area contributed by atoms with Gasteiger partial charge in [0.2, 0.25) is 0 Å². The largest absolute Gasteiger partial charge is 0.367 e. The Morgan fingerprint density at radius 2 is 2.22 bits per heavy atom. The van der Waals surface area contributed by atoms with Crippen LogP contribution in [0.15, 0.2) is 24.3 Å². The van der Waals surface area contributed by atoms with E-state index in [1.54, 1.807) is 0 Å². The monoisotopic (exact) mass is 246 g/mol. The molecule has 1 aliphatic carbocycles. The molecule has 1 aromatic rings. The second-order valence-electron chi connectivity index (χ2n) is 5.34. The van der Waals surface area contributed by atoms with Crippen molar-refractivity contribution in [3.63, 3.8) is 0 Å². The van der Waals surface area contributed by atoms with E-state index in [2.05, 4.69) is 55.0 Å². The van der Waals surface area contributed by atoms with Crippen molar-refractivity contribution in [1.82, 2.24) is 4.90 Å². The van der Waals surface area contributed by atoms with Crippen molar-refractivity contribution in [3.05, 3.63) is 36.2 Å². The summed E-state index contributed by atoms with van der Waals surface area (Å²) in [6.07, 6.45) is 7.15. The molecule has 3 heteroatoms. The number of hydrogen-bond donors (Lipinski definition) is 2. The topological polar surface area (TPSA) is 41.3 Å². The van der Waals surface area contributed by atoms with E-state index in [0.717, 1.165) is 6.42 Å². The SMILES string of the molecule is CN(C)C1(Nc2cccc(CN)c2)C[CH]CCC1. The van der Waals surface area contributed by atoms with Gasteiger partial charge in [0.25, 0.3) is 0 Å². The van der Waals surface area contributed by atoms with Crippen molar-refractivity contribution >= 4 is 5.69 Å². The van der Waals surface area contributed by atoms with Crippen LogP contribution in [0, 0.1) is 6.42 Å². The van der Waals surface area contributed by atoms with Gasteiger partial charge in [-0.15, -0.1) is 0 Å². The van der Waals surface area contributed by atoms with Crippen molar-refractivity contribution < 1.29 is 0 Å². The summed E-state index contributed by atoms with van der Waals surface area (Å²) in [5.74, 6) is 0. The summed E-state index contributed by atoms with van der Waals surface area (Å²) in [4.78, 5) is 2.30. The first kappa shape index (κ1) is 13.4. The zero-order valence-corrected chi connectivity index (χ0v) is 11.4. The quantitative estimate of drug-likeness (QED) is 0.802. The molecule has 0 saturated heterocycles. The number of rotatable bonds is 4. The molecule has 0 spiro atoms. The fraction of sp³-hybridized carbons (Fsp3) is 0.533. The Balaban J connectivity index is 2.17. The molecule has 3 nitrogen and oxygen atoms in total. The summed E-state index contributed by atoms with van der Waals surface area (Å²) in [7, 11) is 4.30. The van der Waals surface area contributed by atoms with Crippen LogP contribution in [-0.2, 0) is 6.54 Å². The Kier molecular flexibility index (Phi) is 4.25. The van der Waals surface area contributed by atoms with Crippen LogP contribution in [0.4, 0.5) is 5.69 Å². The van der Waals surface area contributed by atoms with Crippen LogP contribution >= 0.6 is 0 Å². The van der Waals surface area contributed by atoms with Crippen LogP contribution in [0.2, 0.25) is 0 Å². The molecule has 1 atom stereocenters. The van der Waals surface area contributed by atoms with Gasteiger partial charge in [0.1, 0.15) is 0 Å². The second-order valence-corrected chi connectivity index (χ2v) is 5.34. The van der Waals surface area contributed by atoms with Crippen molar-refractivity contribution in [3.8, 4) is 0 Å². The predicted molar refractivity (Wildman–Crippen MR) is 77.1 cm³/mol. The van der Waals surface area contributed by atoms with Gasteiger partial charge in [0.05, 0.1) is 5.66 Å². The third-order valence-corrected chi connectivity index (χ3v) is 3.88. The molecule has 99 valence electrons. The minimum Gasteiger partial charge on any atom is -0.367 e. The maximum Gasteiger partial charge on any atom is 0.0904 e. The summed E-state index contributed by atoms with van der Waals surface area (Å²) < 4.78 is 0. The fourth-order valence-corrected chi connectivity index (χ4v) is 2.66. The number of hydrogen-bond acceptors (Lipinski definition) is 3. The normalized spacial score (nSPS) is 18.9. The van der Waals surface area contributed by atoms with Gasteiger partial charge in [0.15, 0.2) is 0 Å². The molecule has 1 aliphatic rings. The maximum atomic E-state index is 5.70. The minimum atomic E-state index is 0.0610. The summed E-state index contributed by atoms with van der Waals surface area (Å²) in [6.45, 7) is 0.594. The van der Waals surface area contributed by atoms with Crippen molar-refractivity contribution in [1.29, 1.82) is 0 Å². The van der Waals surface area contributed by atoms with Gasteiger partial charge < -0.3 is 11.1 Å². The Labute approximate surface area is 110 Å². The summed E-state index contributed by atoms with van der Waals surface area (Å²) >= 11 is 0. The Morgan fingerprint density at radius 1 is 1.39 bits per heavy atom. The molecule has 1 aromatic carbocycles. The Morgan fingerprint density at radius 3 is 2.83 bits per heavy atom. The van der Waals surface area contributed by atoms with E-state index in [-0.39, 0.29) is 5.66 Å². The average Bonchev–Trinajstić information content (AvgIpc) is 2.40. The highest BCUT2D eigenvalue weighted by Crippen LogP contribution is 2.32. The van der Waals surface area contributed by atoms with Crippen LogP contribution in [0.1, 0.15) is 31.2 Å². The first-order valence-electron chi connectivity index (χ1n) is 6.72. The molecule has 0 amide bonds. The third-order valence-electron chi connectivity index (χ3n) is 3.88. The van der Waals surface area contributed by atoms with E-state index in [4.69, 9.17) is 5.73 Å². The first-order valence-corrected chi connectivity index (χ1v) is 6.72. The van der Waals surface area contributed by atoms with Crippen LogP contribution in [0.25, 0.3) is 0 Å². The van der Waals surface area contributed by atoms with Gasteiger partial charge in [-0.2, -0.15) is 0 Å². The molecule has 18 heavy (non-hydrogen) atoms. The molecule has 1 radical (unpaired) electrons. The van der Waals surface area contributed by atoms with Gasteiger partial charge in [-0.05, 0) is 63.9 Å².